The topological polar surface area (TPSA) is 6.48 Å². The van der Waals surface area contributed by atoms with Crippen molar-refractivity contribution in [2.75, 3.05) is 13.1 Å². The molecule has 0 unspecified atom stereocenters. The fourth-order valence-corrected chi connectivity index (χ4v) is 3.27. The molecule has 0 radical (unpaired) electrons. The highest BCUT2D eigenvalue weighted by molar-refractivity contribution is 5.20. The van der Waals surface area contributed by atoms with E-state index in [2.05, 4.69) is 70.2 Å². The van der Waals surface area contributed by atoms with Crippen LogP contribution in [0.25, 0.3) is 0 Å². The summed E-state index contributed by atoms with van der Waals surface area (Å²) in [6.07, 6.45) is 11.7. The van der Waals surface area contributed by atoms with Crippen molar-refractivity contribution < 1.29 is 0 Å². The molecule has 0 aliphatic carbocycles. The van der Waals surface area contributed by atoms with Crippen LogP contribution in [0.5, 0.6) is 0 Å². The number of benzene rings is 2. The van der Waals surface area contributed by atoms with Crippen molar-refractivity contribution in [3.63, 3.8) is 0 Å². The third-order valence-electron chi connectivity index (χ3n) is 4.50. The minimum Gasteiger partial charge on any atom is -0.294 e. The van der Waals surface area contributed by atoms with Gasteiger partial charge in [0.05, 0.1) is 12.1 Å². The van der Waals surface area contributed by atoms with Crippen LogP contribution in [0.4, 0.5) is 0 Å². The second kappa shape index (κ2) is 7.84. The number of hydrogen-bond donors (Lipinski definition) is 0. The first-order valence-corrected chi connectivity index (χ1v) is 8.28. The van der Waals surface area contributed by atoms with Gasteiger partial charge in [0.2, 0.25) is 0 Å². The van der Waals surface area contributed by atoms with Crippen LogP contribution in [0.1, 0.15) is 11.1 Å². The van der Waals surface area contributed by atoms with Crippen LogP contribution in [0.3, 0.4) is 0 Å². The van der Waals surface area contributed by atoms with E-state index in [1.54, 1.807) is 0 Å². The molecule has 0 N–H and O–H groups in total. The SMILES string of the molecule is C#C[C@@H]1CN(Cc2ccccc2)C[C@@H](C#C)N1Cc1ccccc1. The van der Waals surface area contributed by atoms with E-state index < -0.39 is 0 Å². The standard InChI is InChI=1S/C22H22N2/c1-3-21-17-23(15-19-11-7-5-8-12-19)18-22(4-2)24(21)16-20-13-9-6-10-14-20/h1-2,5-14,21-22H,15-18H2/t21-,22-/m1/s1. The zero-order chi connectivity index (χ0) is 16.8. The molecule has 2 atom stereocenters. The van der Waals surface area contributed by atoms with Crippen LogP contribution in [0.15, 0.2) is 60.7 Å². The van der Waals surface area contributed by atoms with Crippen molar-refractivity contribution in [1.82, 2.24) is 9.80 Å². The first-order valence-electron chi connectivity index (χ1n) is 8.28. The highest BCUT2D eigenvalue weighted by Gasteiger charge is 2.32. The van der Waals surface area contributed by atoms with Gasteiger partial charge >= 0.3 is 0 Å². The largest absolute Gasteiger partial charge is 0.294 e. The van der Waals surface area contributed by atoms with Crippen LogP contribution in [0.2, 0.25) is 0 Å². The first kappa shape index (κ1) is 16.3. The summed E-state index contributed by atoms with van der Waals surface area (Å²) in [6.45, 7) is 3.37. The van der Waals surface area contributed by atoms with Gasteiger partial charge in [-0.25, -0.2) is 0 Å². The average Bonchev–Trinajstić information content (AvgIpc) is 2.64. The van der Waals surface area contributed by atoms with E-state index in [0.29, 0.717) is 0 Å². The summed E-state index contributed by atoms with van der Waals surface area (Å²) in [4.78, 5) is 4.64. The van der Waals surface area contributed by atoms with Crippen molar-refractivity contribution in [2.45, 2.75) is 25.2 Å². The van der Waals surface area contributed by atoms with Crippen LogP contribution < -0.4 is 0 Å². The summed E-state index contributed by atoms with van der Waals surface area (Å²) >= 11 is 0. The maximum Gasteiger partial charge on any atom is 0.0853 e. The minimum absolute atomic E-state index is 0.0312. The van der Waals surface area contributed by atoms with Crippen LogP contribution >= 0.6 is 0 Å². The lowest BCUT2D eigenvalue weighted by Gasteiger charge is -2.43. The molecule has 0 spiro atoms. The molecule has 1 aliphatic rings. The average molecular weight is 314 g/mol. The summed E-state index contributed by atoms with van der Waals surface area (Å²) in [5.41, 5.74) is 2.54. The van der Waals surface area contributed by atoms with Crippen LogP contribution in [0, 0.1) is 24.7 Å². The van der Waals surface area contributed by atoms with E-state index >= 15 is 0 Å². The van der Waals surface area contributed by atoms with Gasteiger partial charge in [-0.15, -0.1) is 12.8 Å². The van der Waals surface area contributed by atoms with Gasteiger partial charge < -0.3 is 0 Å². The summed E-state index contributed by atoms with van der Waals surface area (Å²) in [7, 11) is 0. The minimum atomic E-state index is 0.0312. The van der Waals surface area contributed by atoms with E-state index in [1.807, 2.05) is 12.1 Å². The van der Waals surface area contributed by atoms with E-state index in [0.717, 1.165) is 26.2 Å². The Kier molecular flexibility index (Phi) is 5.34. The van der Waals surface area contributed by atoms with Gasteiger partial charge in [0.25, 0.3) is 0 Å². The van der Waals surface area contributed by atoms with Gasteiger partial charge in [0, 0.05) is 26.2 Å². The Balaban J connectivity index is 1.73. The van der Waals surface area contributed by atoms with Gasteiger partial charge in [-0.05, 0) is 11.1 Å². The molecule has 120 valence electrons. The third kappa shape index (κ3) is 3.87. The fourth-order valence-electron chi connectivity index (χ4n) is 3.27. The Morgan fingerprint density at radius 2 is 1.21 bits per heavy atom. The third-order valence-corrected chi connectivity index (χ3v) is 4.50. The second-order valence-electron chi connectivity index (χ2n) is 6.20. The van der Waals surface area contributed by atoms with Gasteiger partial charge in [-0.1, -0.05) is 72.5 Å². The zero-order valence-corrected chi connectivity index (χ0v) is 13.8. The summed E-state index contributed by atoms with van der Waals surface area (Å²) in [5, 5.41) is 0. The second-order valence-corrected chi connectivity index (χ2v) is 6.20. The molecule has 0 bridgehead atoms. The fraction of sp³-hybridized carbons (Fsp3) is 0.273. The smallest absolute Gasteiger partial charge is 0.0853 e. The predicted octanol–water partition coefficient (Wildman–Crippen LogP) is 3.01. The molecule has 1 fully saturated rings. The van der Waals surface area contributed by atoms with Gasteiger partial charge in [-0.2, -0.15) is 0 Å². The Hall–Kier alpha value is -2.52. The molecule has 24 heavy (non-hydrogen) atoms. The molecule has 2 heteroatoms. The molecule has 2 nitrogen and oxygen atoms in total. The van der Waals surface area contributed by atoms with Gasteiger partial charge in [0.15, 0.2) is 0 Å². The Morgan fingerprint density at radius 1 is 0.750 bits per heavy atom. The Labute approximate surface area is 145 Å². The molecular formula is C22H22N2. The molecule has 0 saturated carbocycles. The quantitative estimate of drug-likeness (QED) is 0.801. The van der Waals surface area contributed by atoms with Crippen molar-refractivity contribution in [1.29, 1.82) is 0 Å². The molecule has 1 aliphatic heterocycles. The van der Waals surface area contributed by atoms with Crippen LogP contribution in [-0.4, -0.2) is 35.0 Å². The lowest BCUT2D eigenvalue weighted by atomic mass is 10.0. The van der Waals surface area contributed by atoms with Crippen molar-refractivity contribution >= 4 is 0 Å². The summed E-state index contributed by atoms with van der Waals surface area (Å²) in [5.74, 6) is 5.89. The normalized spacial score (nSPS) is 21.8. The maximum atomic E-state index is 5.83. The molecule has 1 saturated heterocycles. The highest BCUT2D eigenvalue weighted by atomic mass is 15.3. The van der Waals surface area contributed by atoms with Crippen molar-refractivity contribution in [3.05, 3.63) is 71.8 Å². The number of piperazine rings is 1. The summed E-state index contributed by atoms with van der Waals surface area (Å²) < 4.78 is 0. The highest BCUT2D eigenvalue weighted by Crippen LogP contribution is 2.20. The Bertz CT molecular complexity index is 700. The maximum absolute atomic E-state index is 5.83. The van der Waals surface area contributed by atoms with Gasteiger partial charge in [-0.3, -0.25) is 9.80 Å². The van der Waals surface area contributed by atoms with E-state index in [1.165, 1.54) is 11.1 Å². The molecule has 2 aromatic rings. The molecule has 0 aromatic heterocycles. The zero-order valence-electron chi connectivity index (χ0n) is 13.8. The molecule has 2 aromatic carbocycles. The van der Waals surface area contributed by atoms with E-state index in [9.17, 15) is 0 Å². The van der Waals surface area contributed by atoms with Crippen molar-refractivity contribution in [2.24, 2.45) is 0 Å². The van der Waals surface area contributed by atoms with Gasteiger partial charge in [0.1, 0.15) is 0 Å². The first-order chi connectivity index (χ1) is 11.8. The Morgan fingerprint density at radius 3 is 1.67 bits per heavy atom. The number of terminal acetylenes is 2. The predicted molar refractivity (Wildman–Crippen MR) is 98.9 cm³/mol. The molecular weight excluding hydrogens is 292 g/mol. The lowest BCUT2D eigenvalue weighted by molar-refractivity contribution is 0.0620. The van der Waals surface area contributed by atoms with E-state index in [-0.39, 0.29) is 12.1 Å². The number of nitrogens with zero attached hydrogens (tertiary/aromatic N) is 2. The number of rotatable bonds is 4. The van der Waals surface area contributed by atoms with Crippen LogP contribution in [-0.2, 0) is 13.1 Å². The number of hydrogen-bond acceptors (Lipinski definition) is 2. The lowest BCUT2D eigenvalue weighted by Crippen LogP contribution is -2.57. The van der Waals surface area contributed by atoms with Crippen molar-refractivity contribution in [3.8, 4) is 24.7 Å². The molecule has 0 amide bonds. The summed E-state index contributed by atoms with van der Waals surface area (Å²) in [6, 6.07) is 20.9. The monoisotopic (exact) mass is 314 g/mol. The molecule has 3 rings (SSSR count). The molecule has 1 heterocycles. The van der Waals surface area contributed by atoms with E-state index in [4.69, 9.17) is 12.8 Å².